The van der Waals surface area contributed by atoms with E-state index in [1.807, 2.05) is 31.2 Å². The van der Waals surface area contributed by atoms with E-state index >= 15 is 0 Å². The second-order valence-corrected chi connectivity index (χ2v) is 8.81. The second kappa shape index (κ2) is 9.38. The van der Waals surface area contributed by atoms with Crippen molar-refractivity contribution in [2.45, 2.75) is 26.5 Å². The lowest BCUT2D eigenvalue weighted by Crippen LogP contribution is -2.54. The normalized spacial score (nSPS) is 11.7. The molecule has 38 heavy (non-hydrogen) atoms. The Morgan fingerprint density at radius 2 is 1.84 bits per heavy atom. The monoisotopic (exact) mass is 516 g/mol. The molecule has 0 radical (unpaired) electrons. The van der Waals surface area contributed by atoms with Crippen LogP contribution in [0.25, 0.3) is 33.1 Å². The van der Waals surface area contributed by atoms with E-state index in [2.05, 4.69) is 10.1 Å². The first-order valence-electron chi connectivity index (χ1n) is 11.6. The van der Waals surface area contributed by atoms with Gasteiger partial charge in [0.05, 0.1) is 23.9 Å². The van der Waals surface area contributed by atoms with Gasteiger partial charge in [-0.05, 0) is 43.3 Å². The van der Waals surface area contributed by atoms with Crippen LogP contribution in [0.5, 0.6) is 5.75 Å². The zero-order chi connectivity index (χ0) is 27.2. The summed E-state index contributed by atoms with van der Waals surface area (Å²) in [5, 5.41) is 35.5. The summed E-state index contributed by atoms with van der Waals surface area (Å²) >= 11 is 0. The number of carbonyl (C=O) groups is 1. The molecule has 0 aliphatic rings. The zero-order valence-corrected chi connectivity index (χ0v) is 20.7. The Kier molecular flexibility index (Phi) is 6.19. The molecule has 11 nitrogen and oxygen atoms in total. The highest BCUT2D eigenvalue weighted by molar-refractivity contribution is 5.97. The summed E-state index contributed by atoms with van der Waals surface area (Å²) in [7, 11) is 1.47. The van der Waals surface area contributed by atoms with Gasteiger partial charge in [-0.3, -0.25) is 9.59 Å². The van der Waals surface area contributed by atoms with Gasteiger partial charge in [0, 0.05) is 23.9 Å². The molecule has 5 aromatic rings. The maximum atomic E-state index is 13.4. The Balaban J connectivity index is 1.63. The third-order valence-electron chi connectivity index (χ3n) is 6.03. The fourth-order valence-corrected chi connectivity index (χ4v) is 4.36. The number of ether oxygens (including phenoxy) is 1. The van der Waals surface area contributed by atoms with Crippen LogP contribution in [-0.4, -0.2) is 49.2 Å². The molecule has 194 valence electrons. The molecule has 0 saturated carbocycles. The molecule has 0 spiro atoms. The van der Waals surface area contributed by atoms with Gasteiger partial charge in [-0.15, -0.1) is 0 Å². The molecule has 1 amide bonds. The number of methoxy groups -OCH3 is 1. The van der Waals surface area contributed by atoms with E-state index in [1.54, 1.807) is 25.1 Å². The number of aromatic nitrogens is 3. The summed E-state index contributed by atoms with van der Waals surface area (Å²) in [6, 6.07) is 16.6. The fourth-order valence-electron chi connectivity index (χ4n) is 4.36. The molecule has 0 fully saturated rings. The highest BCUT2D eigenvalue weighted by Gasteiger charge is 2.36. The molecule has 3 aromatic carbocycles. The van der Waals surface area contributed by atoms with Gasteiger partial charge >= 0.3 is 6.10 Å². The summed E-state index contributed by atoms with van der Waals surface area (Å²) in [6.07, 6.45) is -3.58. The van der Waals surface area contributed by atoms with Crippen molar-refractivity contribution >= 4 is 33.5 Å². The van der Waals surface area contributed by atoms with Crippen molar-refractivity contribution < 1.29 is 29.3 Å². The van der Waals surface area contributed by atoms with E-state index in [1.165, 1.54) is 25.3 Å². The van der Waals surface area contributed by atoms with Crippen molar-refractivity contribution in [3.05, 3.63) is 82.5 Å². The molecular weight excluding hydrogens is 492 g/mol. The molecule has 0 unspecified atom stereocenters. The number of anilines is 1. The number of carbonyl (C=O) groups excluding carboxylic acids is 1. The van der Waals surface area contributed by atoms with Crippen molar-refractivity contribution in [3.8, 4) is 17.0 Å². The lowest BCUT2D eigenvalue weighted by atomic mass is 10.0. The number of fused-ring (bicyclic) bond motifs is 2. The number of aliphatic hydroxyl groups is 3. The molecule has 5 rings (SSSR count). The molecule has 11 heteroatoms. The fraction of sp³-hybridized carbons (Fsp3) is 0.185. The van der Waals surface area contributed by atoms with Crippen LogP contribution < -0.4 is 15.2 Å². The summed E-state index contributed by atoms with van der Waals surface area (Å²) in [5.74, 6) is -0.226. The third-order valence-corrected chi connectivity index (χ3v) is 6.03. The highest BCUT2D eigenvalue weighted by atomic mass is 16.7. The molecular formula is C27H24N4O7. The molecule has 2 heterocycles. The van der Waals surface area contributed by atoms with Crippen LogP contribution in [0.3, 0.4) is 0 Å². The molecule has 0 bridgehead atoms. The van der Waals surface area contributed by atoms with Gasteiger partial charge in [0.25, 0.3) is 11.5 Å². The molecule has 0 aliphatic carbocycles. The molecule has 3 N–H and O–H groups in total. The van der Waals surface area contributed by atoms with E-state index in [0.29, 0.717) is 38.7 Å². The zero-order valence-electron chi connectivity index (χ0n) is 20.7. The van der Waals surface area contributed by atoms with Gasteiger partial charge in [0.2, 0.25) is 0 Å². The standard InChI is InChI=1S/C27H24N4O7/c1-15-5-4-6-17(11-15)25-20-9-8-19(37-3)13-21(20)26(33)30(29-25)14-24(32)31(27(34,35)36)18-7-10-22-23(12-18)38-16(2)28-22/h4-13,34-36H,14H2,1-3H3. The summed E-state index contributed by atoms with van der Waals surface area (Å²) in [5.41, 5.74) is 2.15. The number of nitrogens with zero attached hydrogens (tertiary/aromatic N) is 4. The van der Waals surface area contributed by atoms with Crippen molar-refractivity contribution in [2.75, 3.05) is 12.0 Å². The van der Waals surface area contributed by atoms with Crippen molar-refractivity contribution in [1.29, 1.82) is 0 Å². The predicted octanol–water partition coefficient (Wildman–Crippen LogP) is 2.45. The molecule has 0 saturated heterocycles. The Morgan fingerprint density at radius 3 is 2.55 bits per heavy atom. The van der Waals surface area contributed by atoms with Crippen LogP contribution in [0, 0.1) is 13.8 Å². The molecule has 2 aromatic heterocycles. The third kappa shape index (κ3) is 4.61. The van der Waals surface area contributed by atoms with Crippen LogP contribution in [0.1, 0.15) is 11.5 Å². The first-order valence-corrected chi connectivity index (χ1v) is 11.6. The average molecular weight is 517 g/mol. The maximum Gasteiger partial charge on any atom is 0.376 e. The second-order valence-electron chi connectivity index (χ2n) is 8.81. The first kappa shape index (κ1) is 25.1. The Bertz CT molecular complexity index is 1750. The van der Waals surface area contributed by atoms with E-state index in [9.17, 15) is 24.9 Å². The van der Waals surface area contributed by atoms with Gasteiger partial charge in [-0.25, -0.2) is 14.6 Å². The van der Waals surface area contributed by atoms with E-state index < -0.39 is 24.1 Å². The average Bonchev–Trinajstić information content (AvgIpc) is 3.24. The van der Waals surface area contributed by atoms with Crippen LogP contribution >= 0.6 is 0 Å². The predicted molar refractivity (Wildman–Crippen MR) is 138 cm³/mol. The van der Waals surface area contributed by atoms with E-state index in [-0.39, 0.29) is 16.7 Å². The number of rotatable bonds is 6. The maximum absolute atomic E-state index is 13.4. The first-order chi connectivity index (χ1) is 18.0. The number of benzene rings is 3. The minimum Gasteiger partial charge on any atom is -0.497 e. The number of amides is 1. The summed E-state index contributed by atoms with van der Waals surface area (Å²) < 4.78 is 11.7. The Morgan fingerprint density at radius 1 is 1.05 bits per heavy atom. The van der Waals surface area contributed by atoms with E-state index in [4.69, 9.17) is 9.15 Å². The van der Waals surface area contributed by atoms with Crippen LogP contribution in [0.4, 0.5) is 5.69 Å². The van der Waals surface area contributed by atoms with Gasteiger partial charge in [-0.2, -0.15) is 5.10 Å². The summed E-state index contributed by atoms with van der Waals surface area (Å²) in [4.78, 5) is 31.3. The molecule has 0 atom stereocenters. The minimum absolute atomic E-state index is 0.0967. The van der Waals surface area contributed by atoms with Crippen molar-refractivity contribution in [2.24, 2.45) is 0 Å². The van der Waals surface area contributed by atoms with Crippen molar-refractivity contribution in [1.82, 2.24) is 14.8 Å². The van der Waals surface area contributed by atoms with Gasteiger partial charge in [0.1, 0.15) is 17.8 Å². The van der Waals surface area contributed by atoms with Crippen molar-refractivity contribution in [3.63, 3.8) is 0 Å². The number of oxazole rings is 1. The number of aryl methyl sites for hydroxylation is 2. The smallest absolute Gasteiger partial charge is 0.376 e. The topological polar surface area (TPSA) is 151 Å². The van der Waals surface area contributed by atoms with E-state index in [0.717, 1.165) is 10.2 Å². The SMILES string of the molecule is COc1ccc2c(-c3cccc(C)c3)nn(CC(=O)N(c3ccc4nc(C)oc4c3)C(O)(O)O)c(=O)c2c1. The number of hydrogen-bond acceptors (Lipinski definition) is 9. The van der Waals surface area contributed by atoms with Gasteiger partial charge in [0.15, 0.2) is 11.5 Å². The minimum atomic E-state index is -3.58. The van der Waals surface area contributed by atoms with Crippen LogP contribution in [0.15, 0.2) is 69.9 Å². The highest BCUT2D eigenvalue weighted by Crippen LogP contribution is 2.29. The lowest BCUT2D eigenvalue weighted by Gasteiger charge is -2.30. The van der Waals surface area contributed by atoms with Gasteiger partial charge < -0.3 is 24.5 Å². The Hall–Kier alpha value is -4.58. The lowest BCUT2D eigenvalue weighted by molar-refractivity contribution is -0.306. The van der Waals surface area contributed by atoms with Gasteiger partial charge in [-0.1, -0.05) is 23.8 Å². The molecule has 0 aliphatic heterocycles. The number of hydrogen-bond donors (Lipinski definition) is 3. The van der Waals surface area contributed by atoms with Crippen LogP contribution in [-0.2, 0) is 11.3 Å². The quantitative estimate of drug-likeness (QED) is 0.289. The largest absolute Gasteiger partial charge is 0.497 e. The summed E-state index contributed by atoms with van der Waals surface area (Å²) in [6.45, 7) is 2.83. The van der Waals surface area contributed by atoms with Crippen LogP contribution in [0.2, 0.25) is 0 Å². The Labute approximate surface area is 215 Å².